The number of rotatable bonds is 5. The number of carbonyl (C=O) groups excluding carboxylic acids is 3. The van der Waals surface area contributed by atoms with Crippen LogP contribution in [0.2, 0.25) is 0 Å². The molecular weight excluding hydrogens is 408 g/mol. The molecule has 0 saturated heterocycles. The van der Waals surface area contributed by atoms with Crippen LogP contribution in [-0.4, -0.2) is 41.8 Å². The van der Waals surface area contributed by atoms with Gasteiger partial charge in [-0.15, -0.1) is 0 Å². The van der Waals surface area contributed by atoms with E-state index in [1.54, 1.807) is 26.8 Å². The number of carbonyl (C=O) groups is 3. The first-order chi connectivity index (χ1) is 13.6. The number of anilines is 1. The summed E-state index contributed by atoms with van der Waals surface area (Å²) in [6.07, 6.45) is -0.644. The van der Waals surface area contributed by atoms with E-state index in [9.17, 15) is 14.4 Å². The van der Waals surface area contributed by atoms with Crippen molar-refractivity contribution in [2.24, 2.45) is 5.41 Å². The lowest BCUT2D eigenvalue weighted by Crippen LogP contribution is -2.49. The molecule has 0 radical (unpaired) electrons. The molecule has 0 aliphatic rings. The van der Waals surface area contributed by atoms with E-state index in [1.807, 2.05) is 20.8 Å². The summed E-state index contributed by atoms with van der Waals surface area (Å²) in [5.74, 6) is -0.832. The van der Waals surface area contributed by atoms with Gasteiger partial charge in [-0.1, -0.05) is 33.0 Å². The third-order valence-corrected chi connectivity index (χ3v) is 4.04. The standard InChI is InChI=1S/C21H30N2O6S/c1-12(24)28-15-10-9-13(22-19(26)29-21(5,6)7)11-14(15)17(30)23-16(18(25)27-8)20(2,3)4/h9-11,16H,1-8H3,(H,22,26)(H,23,30)/t16-/m1/s1. The Kier molecular flexibility index (Phi) is 8.35. The van der Waals surface area contributed by atoms with Gasteiger partial charge in [-0.05, 0) is 44.4 Å². The molecule has 2 N–H and O–H groups in total. The number of benzene rings is 1. The van der Waals surface area contributed by atoms with Crippen LogP contribution < -0.4 is 15.4 Å². The molecule has 0 unspecified atom stereocenters. The Bertz CT molecular complexity index is 824. The highest BCUT2D eigenvalue weighted by atomic mass is 32.1. The molecule has 0 aromatic heterocycles. The van der Waals surface area contributed by atoms with E-state index in [-0.39, 0.29) is 10.7 Å². The Labute approximate surface area is 182 Å². The van der Waals surface area contributed by atoms with Crippen molar-refractivity contribution in [2.75, 3.05) is 12.4 Å². The maximum atomic E-state index is 12.2. The van der Waals surface area contributed by atoms with Crippen LogP contribution in [0.3, 0.4) is 0 Å². The van der Waals surface area contributed by atoms with E-state index in [0.29, 0.717) is 11.3 Å². The number of hydrogen-bond acceptors (Lipinski definition) is 7. The van der Waals surface area contributed by atoms with E-state index in [0.717, 1.165) is 0 Å². The molecule has 1 amide bonds. The van der Waals surface area contributed by atoms with E-state index in [1.165, 1.54) is 26.2 Å². The van der Waals surface area contributed by atoms with E-state index in [4.69, 9.17) is 26.4 Å². The van der Waals surface area contributed by atoms with Gasteiger partial charge in [0.15, 0.2) is 0 Å². The molecule has 8 nitrogen and oxygen atoms in total. The Hall–Kier alpha value is -2.68. The van der Waals surface area contributed by atoms with Crippen LogP contribution in [0, 0.1) is 5.41 Å². The van der Waals surface area contributed by atoms with Gasteiger partial charge in [0, 0.05) is 12.6 Å². The molecule has 30 heavy (non-hydrogen) atoms. The topological polar surface area (TPSA) is 103 Å². The van der Waals surface area contributed by atoms with Crippen molar-refractivity contribution in [1.29, 1.82) is 0 Å². The maximum Gasteiger partial charge on any atom is 0.412 e. The van der Waals surface area contributed by atoms with Gasteiger partial charge >= 0.3 is 18.0 Å². The molecule has 0 saturated carbocycles. The average molecular weight is 439 g/mol. The molecule has 1 aromatic carbocycles. The number of amides is 1. The predicted octanol–water partition coefficient (Wildman–Crippen LogP) is 3.81. The van der Waals surface area contributed by atoms with Gasteiger partial charge < -0.3 is 19.5 Å². The predicted molar refractivity (Wildman–Crippen MR) is 118 cm³/mol. The normalized spacial score (nSPS) is 12.4. The van der Waals surface area contributed by atoms with Crippen molar-refractivity contribution >= 4 is 40.9 Å². The van der Waals surface area contributed by atoms with Crippen LogP contribution in [0.4, 0.5) is 10.5 Å². The van der Waals surface area contributed by atoms with Crippen molar-refractivity contribution in [3.05, 3.63) is 23.8 Å². The summed E-state index contributed by atoms with van der Waals surface area (Å²) in [6, 6.07) is 3.84. The quantitative estimate of drug-likeness (QED) is 0.406. The minimum atomic E-state index is -0.748. The summed E-state index contributed by atoms with van der Waals surface area (Å²) in [7, 11) is 1.29. The summed E-state index contributed by atoms with van der Waals surface area (Å²) < 4.78 is 15.4. The first-order valence-electron chi connectivity index (χ1n) is 9.35. The van der Waals surface area contributed by atoms with Gasteiger partial charge in [0.05, 0.1) is 12.7 Å². The molecule has 0 aliphatic carbocycles. The third-order valence-electron chi connectivity index (χ3n) is 3.70. The SMILES string of the molecule is COC(=O)[C@@H](NC(=S)c1cc(NC(=O)OC(C)(C)C)ccc1OC(C)=O)C(C)(C)C. The lowest BCUT2D eigenvalue weighted by molar-refractivity contribution is -0.145. The minimum absolute atomic E-state index is 0.157. The van der Waals surface area contributed by atoms with Gasteiger partial charge in [0.2, 0.25) is 0 Å². The van der Waals surface area contributed by atoms with Crippen LogP contribution >= 0.6 is 12.2 Å². The highest BCUT2D eigenvalue weighted by molar-refractivity contribution is 7.80. The maximum absolute atomic E-state index is 12.2. The Morgan fingerprint density at radius 3 is 2.13 bits per heavy atom. The van der Waals surface area contributed by atoms with Crippen LogP contribution in [0.25, 0.3) is 0 Å². The molecule has 0 spiro atoms. The zero-order chi connectivity index (χ0) is 23.3. The second-order valence-electron chi connectivity index (χ2n) is 8.73. The first kappa shape index (κ1) is 25.4. The fourth-order valence-electron chi connectivity index (χ4n) is 2.41. The number of ether oxygens (including phenoxy) is 3. The molecule has 0 bridgehead atoms. The van der Waals surface area contributed by atoms with Crippen LogP contribution in [0.15, 0.2) is 18.2 Å². The first-order valence-corrected chi connectivity index (χ1v) is 9.76. The lowest BCUT2D eigenvalue weighted by Gasteiger charge is -2.30. The highest BCUT2D eigenvalue weighted by Crippen LogP contribution is 2.26. The summed E-state index contributed by atoms with van der Waals surface area (Å²) in [6.45, 7) is 12.1. The molecule has 0 heterocycles. The number of nitrogens with one attached hydrogen (secondary N) is 2. The summed E-state index contributed by atoms with van der Waals surface area (Å²) in [4.78, 5) is 36.0. The Morgan fingerprint density at radius 1 is 1.07 bits per heavy atom. The van der Waals surface area contributed by atoms with Crippen molar-refractivity contribution in [3.63, 3.8) is 0 Å². The Morgan fingerprint density at radius 2 is 1.67 bits per heavy atom. The zero-order valence-electron chi connectivity index (χ0n) is 18.7. The Balaban J connectivity index is 3.25. The second-order valence-corrected chi connectivity index (χ2v) is 9.14. The van der Waals surface area contributed by atoms with Gasteiger partial charge in [0.1, 0.15) is 22.4 Å². The summed E-state index contributed by atoms with van der Waals surface area (Å²) in [5.41, 5.74) is -0.468. The fraction of sp³-hybridized carbons (Fsp3) is 0.524. The second kappa shape index (κ2) is 9.88. The summed E-state index contributed by atoms with van der Waals surface area (Å²) >= 11 is 5.48. The third kappa shape index (κ3) is 7.98. The van der Waals surface area contributed by atoms with Gasteiger partial charge in [-0.25, -0.2) is 9.59 Å². The highest BCUT2D eigenvalue weighted by Gasteiger charge is 2.33. The van der Waals surface area contributed by atoms with Gasteiger partial charge in [0.25, 0.3) is 0 Å². The zero-order valence-corrected chi connectivity index (χ0v) is 19.5. The number of esters is 2. The van der Waals surface area contributed by atoms with Crippen molar-refractivity contribution in [2.45, 2.75) is 60.1 Å². The molecule has 0 aliphatic heterocycles. The number of thiocarbonyl (C=S) groups is 1. The van der Waals surface area contributed by atoms with Crippen molar-refractivity contribution in [3.8, 4) is 5.75 Å². The average Bonchev–Trinajstić information content (AvgIpc) is 2.56. The lowest BCUT2D eigenvalue weighted by atomic mass is 9.86. The van der Waals surface area contributed by atoms with Crippen molar-refractivity contribution in [1.82, 2.24) is 5.32 Å². The molecular formula is C21H30N2O6S. The van der Waals surface area contributed by atoms with Gasteiger partial charge in [-0.2, -0.15) is 0 Å². The van der Waals surface area contributed by atoms with E-state index >= 15 is 0 Å². The largest absolute Gasteiger partial charge is 0.467 e. The van der Waals surface area contributed by atoms with Crippen LogP contribution in [-0.2, 0) is 19.1 Å². The summed E-state index contributed by atoms with van der Waals surface area (Å²) in [5, 5.41) is 5.59. The number of methoxy groups -OCH3 is 1. The fourth-order valence-corrected chi connectivity index (χ4v) is 2.68. The molecule has 1 rings (SSSR count). The minimum Gasteiger partial charge on any atom is -0.467 e. The van der Waals surface area contributed by atoms with Crippen LogP contribution in [0.1, 0.15) is 54.0 Å². The molecule has 0 fully saturated rings. The monoisotopic (exact) mass is 438 g/mol. The smallest absolute Gasteiger partial charge is 0.412 e. The molecule has 166 valence electrons. The number of hydrogen-bond donors (Lipinski definition) is 2. The van der Waals surface area contributed by atoms with Gasteiger partial charge in [-0.3, -0.25) is 10.1 Å². The van der Waals surface area contributed by atoms with Crippen molar-refractivity contribution < 1.29 is 28.6 Å². The van der Waals surface area contributed by atoms with E-state index in [2.05, 4.69) is 10.6 Å². The molecule has 1 atom stereocenters. The molecule has 9 heteroatoms. The van der Waals surface area contributed by atoms with E-state index < -0.39 is 35.1 Å². The molecule has 1 aromatic rings. The van der Waals surface area contributed by atoms with Crippen LogP contribution in [0.5, 0.6) is 5.75 Å².